The number of ether oxygens (including phenoxy) is 2. The fraction of sp³-hybridized carbons (Fsp3) is 0.634. The summed E-state index contributed by atoms with van der Waals surface area (Å²) in [6, 6.07) is 11.8. The molecule has 6 rings (SSSR count). The van der Waals surface area contributed by atoms with Crippen molar-refractivity contribution in [2.75, 3.05) is 57.8 Å². The molecule has 2 aromatic carbocycles. The zero-order valence-corrected chi connectivity index (χ0v) is 33.4. The number of halogens is 1. The van der Waals surface area contributed by atoms with E-state index in [2.05, 4.69) is 45.4 Å². The lowest BCUT2D eigenvalue weighted by Crippen LogP contribution is -2.56. The lowest BCUT2D eigenvalue weighted by Gasteiger charge is -2.51. The normalized spacial score (nSPS) is 30.1. The number of benzene rings is 2. The van der Waals surface area contributed by atoms with Gasteiger partial charge in [-0.1, -0.05) is 36.7 Å². The summed E-state index contributed by atoms with van der Waals surface area (Å²) in [5.41, 5.74) is 2.90. The highest BCUT2D eigenvalue weighted by Crippen LogP contribution is 2.47. The molecule has 1 amide bonds. The number of methoxy groups -OCH3 is 1. The molecule has 2 fully saturated rings. The quantitative estimate of drug-likeness (QED) is 0.336. The third-order valence-electron chi connectivity index (χ3n) is 12.4. The van der Waals surface area contributed by atoms with Gasteiger partial charge in [0, 0.05) is 56.5 Å². The second kappa shape index (κ2) is 16.8. The van der Waals surface area contributed by atoms with Gasteiger partial charge in [-0.2, -0.15) is 0 Å². The molecular weight excluding hydrogens is 696 g/mol. The van der Waals surface area contributed by atoms with Crippen LogP contribution in [0.1, 0.15) is 87.7 Å². The van der Waals surface area contributed by atoms with Crippen LogP contribution in [0.2, 0.25) is 5.02 Å². The first-order valence-corrected chi connectivity index (χ1v) is 21.4. The molecule has 0 unspecified atom stereocenters. The third-order valence-corrected chi connectivity index (χ3v) is 14.5. The molecule has 0 spiro atoms. The summed E-state index contributed by atoms with van der Waals surface area (Å²) in [5, 5.41) is -0.0539. The highest BCUT2D eigenvalue weighted by atomic mass is 35.5. The predicted molar refractivity (Wildman–Crippen MR) is 210 cm³/mol. The Kier molecular flexibility index (Phi) is 12.6. The lowest BCUT2D eigenvalue weighted by atomic mass is 9.63. The summed E-state index contributed by atoms with van der Waals surface area (Å²) in [6.07, 6.45) is 11.1. The molecule has 0 aromatic heterocycles. The van der Waals surface area contributed by atoms with Crippen LogP contribution < -0.4 is 14.4 Å². The monoisotopic (exact) mass is 754 g/mol. The molecular formula is C41H59ClN4O5S. The third kappa shape index (κ3) is 8.84. The van der Waals surface area contributed by atoms with Crippen molar-refractivity contribution in [1.29, 1.82) is 0 Å². The minimum Gasteiger partial charge on any atom is -0.487 e. The number of fused-ring (bicyclic) bond motifs is 3. The topological polar surface area (TPSA) is 91.4 Å². The molecule has 2 bridgehead atoms. The average molecular weight is 755 g/mol. The van der Waals surface area contributed by atoms with Gasteiger partial charge < -0.3 is 14.4 Å². The maximum absolute atomic E-state index is 13.6. The largest absolute Gasteiger partial charge is 0.487 e. The van der Waals surface area contributed by atoms with Crippen molar-refractivity contribution in [3.05, 3.63) is 70.3 Å². The van der Waals surface area contributed by atoms with Gasteiger partial charge in [-0.05, 0) is 138 Å². The minimum atomic E-state index is -3.95. The average Bonchev–Trinajstić information content (AvgIpc) is 3.36. The summed E-state index contributed by atoms with van der Waals surface area (Å²) in [7, 11) is -2.09. The Morgan fingerprint density at radius 1 is 1.00 bits per heavy atom. The Morgan fingerprint density at radius 3 is 2.58 bits per heavy atom. The van der Waals surface area contributed by atoms with Crippen molar-refractivity contribution in [2.45, 2.75) is 96.1 Å². The zero-order chi connectivity index (χ0) is 37.0. The molecule has 2 aromatic rings. The molecule has 1 aliphatic carbocycles. The number of aryl methyl sites for hydroxylation is 1. The maximum atomic E-state index is 13.6. The summed E-state index contributed by atoms with van der Waals surface area (Å²) in [6.45, 7) is 15.1. The van der Waals surface area contributed by atoms with E-state index in [9.17, 15) is 13.2 Å². The number of anilines is 1. The Morgan fingerprint density at radius 2 is 1.83 bits per heavy atom. The second-order valence-electron chi connectivity index (χ2n) is 15.9. The van der Waals surface area contributed by atoms with Crippen molar-refractivity contribution in [1.82, 2.24) is 14.5 Å². The van der Waals surface area contributed by atoms with Crippen LogP contribution in [0, 0.1) is 17.8 Å². The molecule has 286 valence electrons. The van der Waals surface area contributed by atoms with Crippen molar-refractivity contribution < 1.29 is 22.7 Å². The van der Waals surface area contributed by atoms with Crippen LogP contribution in [0.15, 0.2) is 48.6 Å². The maximum Gasteiger partial charge on any atom is 0.264 e. The van der Waals surface area contributed by atoms with Crippen molar-refractivity contribution >= 4 is 33.2 Å². The summed E-state index contributed by atoms with van der Waals surface area (Å²) in [4.78, 5) is 21.1. The van der Waals surface area contributed by atoms with E-state index in [0.29, 0.717) is 36.3 Å². The van der Waals surface area contributed by atoms with Gasteiger partial charge in [0.2, 0.25) is 10.0 Å². The van der Waals surface area contributed by atoms with Crippen LogP contribution in [0.5, 0.6) is 5.75 Å². The predicted octanol–water partition coefficient (Wildman–Crippen LogP) is 6.93. The molecule has 4 aliphatic rings. The molecule has 3 heterocycles. The Labute approximate surface area is 317 Å². The van der Waals surface area contributed by atoms with Crippen LogP contribution in [-0.2, 0) is 27.8 Å². The molecule has 5 atom stereocenters. The first-order valence-electron chi connectivity index (χ1n) is 19.4. The van der Waals surface area contributed by atoms with Gasteiger partial charge in [-0.3, -0.25) is 14.6 Å². The standard InChI is InChI=1S/C41H59ClN4O5S/c1-29(2)45-21-9-19-44(22-23-45)28-41(50-5)18-8-10-30(3)31(4)52(48,49)43-40(47)33-14-17-39-38(25-33)46(26-34-13-16-37(34)41)20-7-6-11-32-24-36(42)15-12-35(32)27-51-39/h8,12,14-15,17-18,24-25,29-31,34,37H,6-7,9-11,13,16,19-23,26-28H2,1-5H3,(H,43,47)/b18-8+/t30-,31+,34-,37+,41-/m0/s1. The number of carbonyl (C=O) groups is 1. The van der Waals surface area contributed by atoms with E-state index in [-0.39, 0.29) is 11.8 Å². The van der Waals surface area contributed by atoms with E-state index in [1.54, 1.807) is 13.0 Å². The van der Waals surface area contributed by atoms with E-state index in [1.807, 2.05) is 44.4 Å². The van der Waals surface area contributed by atoms with Crippen LogP contribution in [0.25, 0.3) is 0 Å². The molecule has 1 N–H and O–H groups in total. The SMILES string of the molecule is CO[C@]1(CN2CCCN(C(C)C)CC2)/C=C/C[C@H](C)[C@@H](C)S(=O)(=O)NC(=O)c2ccc3c(c2)N(CCCCc2cc(Cl)ccc2CO3)C[C@@H]2CC[C@H]21. The van der Waals surface area contributed by atoms with Gasteiger partial charge >= 0.3 is 0 Å². The molecule has 3 aliphatic heterocycles. The molecule has 0 radical (unpaired) electrons. The smallest absolute Gasteiger partial charge is 0.264 e. The fourth-order valence-corrected chi connectivity index (χ4v) is 10.1. The Bertz CT molecular complexity index is 1700. The number of nitrogens with one attached hydrogen (secondary N) is 1. The number of carbonyl (C=O) groups excluding carboxylic acids is 1. The van der Waals surface area contributed by atoms with Crippen molar-refractivity contribution in [3.63, 3.8) is 0 Å². The molecule has 9 nitrogen and oxygen atoms in total. The number of nitrogens with zero attached hydrogens (tertiary/aromatic N) is 3. The molecule has 1 saturated carbocycles. The first kappa shape index (κ1) is 39.1. The number of allylic oxidation sites excluding steroid dienone is 1. The van der Waals surface area contributed by atoms with Crippen molar-refractivity contribution in [2.24, 2.45) is 17.8 Å². The van der Waals surface area contributed by atoms with Gasteiger partial charge in [0.25, 0.3) is 5.91 Å². The molecule has 1 saturated heterocycles. The summed E-state index contributed by atoms with van der Waals surface area (Å²) in [5.74, 6) is 0.487. The zero-order valence-electron chi connectivity index (χ0n) is 31.8. The molecule has 52 heavy (non-hydrogen) atoms. The van der Waals surface area contributed by atoms with E-state index in [1.165, 1.54) is 5.56 Å². The Balaban J connectivity index is 1.38. The number of sulfonamides is 1. The van der Waals surface area contributed by atoms with Crippen molar-refractivity contribution in [3.8, 4) is 5.75 Å². The Hall–Kier alpha value is -2.63. The number of hydrogen-bond acceptors (Lipinski definition) is 8. The van der Waals surface area contributed by atoms with Gasteiger partial charge in [-0.15, -0.1) is 0 Å². The van der Waals surface area contributed by atoms with Crippen LogP contribution in [0.3, 0.4) is 0 Å². The van der Waals surface area contributed by atoms with Crippen LogP contribution >= 0.6 is 11.6 Å². The van der Waals surface area contributed by atoms with Gasteiger partial charge in [0.1, 0.15) is 18.0 Å². The van der Waals surface area contributed by atoms with E-state index < -0.39 is 26.8 Å². The highest BCUT2D eigenvalue weighted by molar-refractivity contribution is 7.90. The lowest BCUT2D eigenvalue weighted by molar-refractivity contribution is -0.0910. The number of rotatable bonds is 4. The van der Waals surface area contributed by atoms with E-state index in [0.717, 1.165) is 101 Å². The van der Waals surface area contributed by atoms with Crippen LogP contribution in [0.4, 0.5) is 5.69 Å². The first-order chi connectivity index (χ1) is 24.9. The second-order valence-corrected chi connectivity index (χ2v) is 18.4. The number of amides is 1. The minimum absolute atomic E-state index is 0.215. The van der Waals surface area contributed by atoms with E-state index in [4.69, 9.17) is 21.1 Å². The van der Waals surface area contributed by atoms with Crippen LogP contribution in [-0.4, -0.2) is 93.9 Å². The van der Waals surface area contributed by atoms with Gasteiger partial charge in [0.15, 0.2) is 0 Å². The fourth-order valence-electron chi connectivity index (χ4n) is 8.65. The highest BCUT2D eigenvalue weighted by Gasteiger charge is 2.48. The summed E-state index contributed by atoms with van der Waals surface area (Å²) < 4.78 is 42.8. The summed E-state index contributed by atoms with van der Waals surface area (Å²) >= 11 is 6.41. The van der Waals surface area contributed by atoms with Gasteiger partial charge in [-0.25, -0.2) is 13.1 Å². The van der Waals surface area contributed by atoms with E-state index >= 15 is 0 Å². The number of hydrogen-bond donors (Lipinski definition) is 1. The molecule has 11 heteroatoms. The van der Waals surface area contributed by atoms with Gasteiger partial charge in [0.05, 0.1) is 10.9 Å².